The fraction of sp³-hybridized carbons (Fsp3) is 0.0110. The third-order valence-corrected chi connectivity index (χ3v) is 24.3. The monoisotopic (exact) mass is 1440 g/mol. The fourth-order valence-corrected chi connectivity index (χ4v) is 19.6. The molecule has 106 heavy (non-hydrogen) atoms. The maximum absolute atomic E-state index is 9.41. The molecular formula is C91H52N10S5. The van der Waals surface area contributed by atoms with Crippen molar-refractivity contribution >= 4 is 175 Å². The van der Waals surface area contributed by atoms with Gasteiger partial charge in [0, 0.05) is 133 Å². The van der Waals surface area contributed by atoms with Crippen LogP contribution in [0.5, 0.6) is 0 Å². The Bertz CT molecular complexity index is 6920. The van der Waals surface area contributed by atoms with Gasteiger partial charge in [-0.25, -0.2) is 14.5 Å². The molecule has 0 amide bonds. The Labute approximate surface area is 629 Å². The SMILES string of the molecule is N#Cc1ccc(-c2ccccn2)c2sc3ccccc3c12.N#Cc1cccc2sc3c(-c4ccccn4)cccc3c12.[C-]#[N+]c1c(C)ccc2c1sc1c(-c3ccccn3)cccc12.[C-]#[N+]c1ccc2c(c1)sc1c(-c3ccccn3)cccc12.[C-]#[N+]c1ccc2sc3c(-c4ccccn4)cccc3c2c1. The van der Waals surface area contributed by atoms with E-state index >= 15 is 0 Å². The molecule has 0 aliphatic carbocycles. The molecule has 15 heteroatoms. The lowest BCUT2D eigenvalue weighted by atomic mass is 10.0. The molecule has 20 rings (SSSR count). The predicted molar refractivity (Wildman–Crippen MR) is 446 cm³/mol. The number of hydrogen-bond donors (Lipinski definition) is 0. The van der Waals surface area contributed by atoms with E-state index in [-0.39, 0.29) is 0 Å². The average molecular weight is 1450 g/mol. The highest BCUT2D eigenvalue weighted by Crippen LogP contribution is 2.47. The molecule has 0 aliphatic rings. The molecule has 0 bridgehead atoms. The van der Waals surface area contributed by atoms with Crippen molar-refractivity contribution in [3.8, 4) is 68.4 Å². The first-order chi connectivity index (χ1) is 52.3. The zero-order chi connectivity index (χ0) is 72.0. The van der Waals surface area contributed by atoms with Crippen molar-refractivity contribution in [2.24, 2.45) is 0 Å². The van der Waals surface area contributed by atoms with E-state index in [9.17, 15) is 10.5 Å². The molecular weight excluding hydrogens is 1390 g/mol. The lowest BCUT2D eigenvalue weighted by Crippen LogP contribution is -1.84. The summed E-state index contributed by atoms with van der Waals surface area (Å²) in [6, 6.07) is 93.4. The van der Waals surface area contributed by atoms with Gasteiger partial charge in [-0.15, -0.1) is 56.7 Å². The van der Waals surface area contributed by atoms with Crippen LogP contribution >= 0.6 is 56.7 Å². The van der Waals surface area contributed by atoms with Crippen LogP contribution in [0.1, 0.15) is 16.7 Å². The minimum Gasteiger partial charge on any atom is -0.256 e. The Hall–Kier alpha value is -13.5. The van der Waals surface area contributed by atoms with Gasteiger partial charge in [0.1, 0.15) is 0 Å². The lowest BCUT2D eigenvalue weighted by molar-refractivity contribution is 1.33. The number of aryl methyl sites for hydroxylation is 1. The van der Waals surface area contributed by atoms with Gasteiger partial charge < -0.3 is 0 Å². The van der Waals surface area contributed by atoms with Gasteiger partial charge in [0.2, 0.25) is 5.69 Å². The van der Waals surface area contributed by atoms with E-state index in [1.165, 1.54) is 49.7 Å². The highest BCUT2D eigenvalue weighted by atomic mass is 32.1. The lowest BCUT2D eigenvalue weighted by Gasteiger charge is -2.03. The predicted octanol–water partition coefficient (Wildman–Crippen LogP) is 27.3. The van der Waals surface area contributed by atoms with E-state index in [0.717, 1.165) is 130 Å². The second-order valence-electron chi connectivity index (χ2n) is 24.4. The summed E-state index contributed by atoms with van der Waals surface area (Å²) in [6.45, 7) is 23.8. The van der Waals surface area contributed by atoms with E-state index in [4.69, 9.17) is 19.7 Å². The Morgan fingerprint density at radius 2 is 0.679 bits per heavy atom. The number of pyridine rings is 5. The molecule has 496 valence electrons. The van der Waals surface area contributed by atoms with Crippen LogP contribution in [0.15, 0.2) is 298 Å². The van der Waals surface area contributed by atoms with Crippen LogP contribution in [0.25, 0.3) is 172 Å². The first kappa shape index (κ1) is 67.0. The van der Waals surface area contributed by atoms with Crippen LogP contribution in [0.3, 0.4) is 0 Å². The molecule has 0 N–H and O–H groups in total. The number of nitrogens with zero attached hydrogens (tertiary/aromatic N) is 10. The van der Waals surface area contributed by atoms with Crippen LogP contribution in [-0.4, -0.2) is 24.9 Å². The summed E-state index contributed by atoms with van der Waals surface area (Å²) in [5, 5.41) is 30.3. The summed E-state index contributed by atoms with van der Waals surface area (Å²) in [4.78, 5) is 33.1. The van der Waals surface area contributed by atoms with E-state index in [0.29, 0.717) is 11.4 Å². The maximum Gasteiger partial charge on any atom is 0.207 e. The summed E-state index contributed by atoms with van der Waals surface area (Å²) in [6.07, 6.45) is 9.06. The molecule has 0 fully saturated rings. The number of nitriles is 2. The zero-order valence-corrected chi connectivity index (χ0v) is 60.4. The van der Waals surface area contributed by atoms with Crippen LogP contribution in [0.4, 0.5) is 17.1 Å². The van der Waals surface area contributed by atoms with Crippen molar-refractivity contribution in [1.82, 2.24) is 24.9 Å². The molecule has 0 aliphatic heterocycles. The Morgan fingerprint density at radius 1 is 0.283 bits per heavy atom. The molecule has 0 radical (unpaired) electrons. The first-order valence-electron chi connectivity index (χ1n) is 33.5. The van der Waals surface area contributed by atoms with Crippen molar-refractivity contribution in [2.45, 2.75) is 6.92 Å². The van der Waals surface area contributed by atoms with Gasteiger partial charge in [-0.3, -0.25) is 24.9 Å². The standard InChI is InChI=1S/C19H12N2S.4C18H10N2S/c1-12-9-10-14-13-6-5-7-15(16-8-3-4-11-21-16)18(13)22-19(14)17(12)20-2;1-19-12-8-9-13-14-5-4-6-15(16-7-2-3-10-20-16)18(14)21-17(13)11-12;1-19-12-8-9-17-15(11-12)13-5-4-6-14(18(13)21-17)16-7-2-3-10-20-16;19-11-12-5-3-9-16-17(12)14-7-4-6-13(18(14)21-16)15-8-1-2-10-20-15;19-11-12-8-9-13(15-6-3-4-10-20-15)18-17(12)14-5-1-2-7-16(14)21-18/h3-11H,1H3;2*2-11H;2*1-10H. The highest BCUT2D eigenvalue weighted by molar-refractivity contribution is 7.28. The third kappa shape index (κ3) is 12.9. The van der Waals surface area contributed by atoms with Crippen molar-refractivity contribution in [1.29, 1.82) is 10.5 Å². The van der Waals surface area contributed by atoms with Crippen LogP contribution in [0.2, 0.25) is 0 Å². The van der Waals surface area contributed by atoms with Gasteiger partial charge >= 0.3 is 0 Å². The molecule has 0 atom stereocenters. The van der Waals surface area contributed by atoms with Crippen LogP contribution < -0.4 is 0 Å². The normalized spacial score (nSPS) is 10.8. The fourth-order valence-electron chi connectivity index (χ4n) is 13.3. The zero-order valence-electron chi connectivity index (χ0n) is 56.3. The Balaban J connectivity index is 0.000000102. The number of benzene rings is 10. The van der Waals surface area contributed by atoms with Gasteiger partial charge in [-0.2, -0.15) is 10.5 Å². The van der Waals surface area contributed by atoms with E-state index in [1.54, 1.807) is 62.9 Å². The van der Waals surface area contributed by atoms with Gasteiger partial charge in [-0.1, -0.05) is 170 Å². The minimum atomic E-state index is 0.686. The maximum atomic E-state index is 9.41. The molecule has 0 saturated heterocycles. The summed E-state index contributed by atoms with van der Waals surface area (Å²) in [7, 11) is 0. The minimum absolute atomic E-state index is 0.686. The Kier molecular flexibility index (Phi) is 18.9. The number of rotatable bonds is 5. The molecule has 10 aromatic heterocycles. The van der Waals surface area contributed by atoms with Crippen LogP contribution in [-0.2, 0) is 0 Å². The van der Waals surface area contributed by atoms with E-state index in [1.807, 2.05) is 208 Å². The number of thiophene rings is 5. The summed E-state index contributed by atoms with van der Waals surface area (Å²) in [5.41, 5.74) is 15.1. The molecule has 0 spiro atoms. The third-order valence-electron chi connectivity index (χ3n) is 18.2. The van der Waals surface area contributed by atoms with Crippen molar-refractivity contribution in [2.75, 3.05) is 0 Å². The van der Waals surface area contributed by atoms with Gasteiger partial charge in [0.15, 0.2) is 11.4 Å². The van der Waals surface area contributed by atoms with Gasteiger partial charge in [-0.05, 0) is 136 Å². The van der Waals surface area contributed by atoms with Gasteiger partial charge in [0.05, 0.1) is 71.5 Å². The smallest absolute Gasteiger partial charge is 0.207 e. The summed E-state index contributed by atoms with van der Waals surface area (Å²) >= 11 is 8.63. The summed E-state index contributed by atoms with van der Waals surface area (Å²) in [5.74, 6) is 0. The van der Waals surface area contributed by atoms with Crippen molar-refractivity contribution in [3.63, 3.8) is 0 Å². The van der Waals surface area contributed by atoms with Crippen LogP contribution in [0, 0.1) is 49.3 Å². The molecule has 10 aromatic carbocycles. The first-order valence-corrected chi connectivity index (χ1v) is 37.6. The van der Waals surface area contributed by atoms with E-state index < -0.39 is 0 Å². The number of hydrogen-bond acceptors (Lipinski definition) is 12. The number of aromatic nitrogens is 5. The molecule has 10 nitrogen and oxygen atoms in total. The Morgan fingerprint density at radius 3 is 1.22 bits per heavy atom. The number of fused-ring (bicyclic) bond motifs is 15. The van der Waals surface area contributed by atoms with E-state index in [2.05, 4.69) is 143 Å². The van der Waals surface area contributed by atoms with Gasteiger partial charge in [0.25, 0.3) is 0 Å². The van der Waals surface area contributed by atoms with Crippen molar-refractivity contribution < 1.29 is 0 Å². The molecule has 10 heterocycles. The quantitative estimate of drug-likeness (QED) is 0.157. The second kappa shape index (κ2) is 29.8. The molecule has 0 unspecified atom stereocenters. The topological polar surface area (TPSA) is 125 Å². The molecule has 0 saturated carbocycles. The largest absolute Gasteiger partial charge is 0.256 e. The second-order valence-corrected chi connectivity index (χ2v) is 29.6. The highest BCUT2D eigenvalue weighted by Gasteiger charge is 2.19. The summed E-state index contributed by atoms with van der Waals surface area (Å²) < 4.78 is 11.8. The van der Waals surface area contributed by atoms with Crippen molar-refractivity contribution in [3.05, 3.63) is 349 Å². The molecule has 20 aromatic rings. The average Bonchev–Trinajstić information content (AvgIpc) is 1.61.